The summed E-state index contributed by atoms with van der Waals surface area (Å²) in [5.41, 5.74) is 0. The summed E-state index contributed by atoms with van der Waals surface area (Å²) in [4.78, 5) is 17.4. The zero-order chi connectivity index (χ0) is 9.28. The first-order valence-corrected chi connectivity index (χ1v) is 5.12. The predicted octanol–water partition coefficient (Wildman–Crippen LogP) is 0.919. The van der Waals surface area contributed by atoms with E-state index in [0.29, 0.717) is 6.42 Å². The Morgan fingerprint density at radius 2 is 1.91 bits per heavy atom. The quantitative estimate of drug-likeness (QED) is 0.567. The minimum atomic E-state index is -4.39. The van der Waals surface area contributed by atoms with Gasteiger partial charge in [0.1, 0.15) is 0 Å². The maximum absolute atomic E-state index is 10.7. The van der Waals surface area contributed by atoms with Crippen LogP contribution in [0.5, 0.6) is 0 Å². The van der Waals surface area contributed by atoms with Gasteiger partial charge >= 0.3 is 7.60 Å². The zero-order valence-electron chi connectivity index (χ0n) is 6.98. The van der Waals surface area contributed by atoms with Gasteiger partial charge in [-0.2, -0.15) is 0 Å². The molecule has 0 bridgehead atoms. The van der Waals surface area contributed by atoms with Crippen molar-refractivity contribution in [3.05, 3.63) is 0 Å². The van der Waals surface area contributed by atoms with E-state index in [1.807, 2.05) is 0 Å². The van der Waals surface area contributed by atoms with Gasteiger partial charge in [-0.1, -0.05) is 20.3 Å². The van der Waals surface area contributed by atoms with Crippen LogP contribution >= 0.6 is 7.60 Å². The van der Waals surface area contributed by atoms with Crippen molar-refractivity contribution >= 4 is 7.60 Å². The molecule has 0 spiro atoms. The van der Waals surface area contributed by atoms with E-state index in [9.17, 15) is 9.67 Å². The van der Waals surface area contributed by atoms with Gasteiger partial charge in [-0.3, -0.25) is 4.57 Å². The lowest BCUT2D eigenvalue weighted by Crippen LogP contribution is -2.32. The Hall–Kier alpha value is 0.110. The Bertz CT molecular complexity index is 171. The van der Waals surface area contributed by atoms with Crippen molar-refractivity contribution in [1.82, 2.24) is 0 Å². The summed E-state index contributed by atoms with van der Waals surface area (Å²) in [7, 11) is -4.39. The molecule has 0 aliphatic carbocycles. The molecule has 0 aromatic heterocycles. The van der Waals surface area contributed by atoms with Gasteiger partial charge in [0.25, 0.3) is 0 Å². The largest absolute Gasteiger partial charge is 0.377 e. The fourth-order valence-electron chi connectivity index (χ4n) is 0.674. The highest BCUT2D eigenvalue weighted by molar-refractivity contribution is 7.53. The summed E-state index contributed by atoms with van der Waals surface area (Å²) < 4.78 is 10.7. The predicted molar refractivity (Wildman–Crippen MR) is 42.1 cm³/mol. The molecular formula is C6H15O4P. The van der Waals surface area contributed by atoms with Crippen molar-refractivity contribution in [2.24, 2.45) is 5.92 Å². The minimum Gasteiger partial charge on any atom is -0.377 e. The van der Waals surface area contributed by atoms with Gasteiger partial charge in [0.15, 0.2) is 5.34 Å². The molecular weight excluding hydrogens is 167 g/mol. The molecule has 0 radical (unpaired) electrons. The summed E-state index contributed by atoms with van der Waals surface area (Å²) in [6.07, 6.45) is 0.540. The standard InChI is InChI=1S/C6H15O4P/c1-4-5(2)6(3,7)11(8,9)10/h5,7H,4H2,1-3H3,(H2,8,9,10). The summed E-state index contributed by atoms with van der Waals surface area (Å²) in [5, 5.41) is 7.47. The van der Waals surface area contributed by atoms with Crippen molar-refractivity contribution in [1.29, 1.82) is 0 Å². The summed E-state index contributed by atoms with van der Waals surface area (Å²) in [6, 6.07) is 0. The number of hydrogen-bond donors (Lipinski definition) is 3. The monoisotopic (exact) mass is 182 g/mol. The second-order valence-corrected chi connectivity index (χ2v) is 4.94. The Kier molecular flexibility index (Phi) is 3.27. The second-order valence-electron chi connectivity index (χ2n) is 2.95. The van der Waals surface area contributed by atoms with E-state index in [0.717, 1.165) is 0 Å². The fraction of sp³-hybridized carbons (Fsp3) is 1.00. The smallest absolute Gasteiger partial charge is 0.356 e. The third-order valence-electron chi connectivity index (χ3n) is 2.14. The molecule has 0 aliphatic heterocycles. The van der Waals surface area contributed by atoms with Crippen molar-refractivity contribution in [2.75, 3.05) is 0 Å². The summed E-state index contributed by atoms with van der Waals surface area (Å²) >= 11 is 0. The average Bonchev–Trinajstić information content (AvgIpc) is 1.83. The van der Waals surface area contributed by atoms with Crippen LogP contribution in [0.1, 0.15) is 27.2 Å². The molecule has 4 nitrogen and oxygen atoms in total. The van der Waals surface area contributed by atoms with Crippen LogP contribution in [0.2, 0.25) is 0 Å². The molecule has 0 aliphatic rings. The van der Waals surface area contributed by atoms with Crippen LogP contribution in [-0.4, -0.2) is 20.2 Å². The molecule has 0 aromatic carbocycles. The van der Waals surface area contributed by atoms with Gasteiger partial charge in [0.05, 0.1) is 0 Å². The van der Waals surface area contributed by atoms with Crippen LogP contribution in [0, 0.1) is 5.92 Å². The second kappa shape index (κ2) is 3.23. The Morgan fingerprint density at radius 3 is 2.00 bits per heavy atom. The van der Waals surface area contributed by atoms with E-state index in [4.69, 9.17) is 9.79 Å². The van der Waals surface area contributed by atoms with Crippen LogP contribution < -0.4 is 0 Å². The van der Waals surface area contributed by atoms with Crippen LogP contribution in [0.25, 0.3) is 0 Å². The lowest BCUT2D eigenvalue weighted by molar-refractivity contribution is 0.0564. The molecule has 2 atom stereocenters. The third-order valence-corrected chi connectivity index (χ3v) is 3.76. The molecule has 0 rings (SSSR count). The van der Waals surface area contributed by atoms with Gasteiger partial charge in [-0.15, -0.1) is 0 Å². The van der Waals surface area contributed by atoms with E-state index < -0.39 is 18.9 Å². The highest BCUT2D eigenvalue weighted by Gasteiger charge is 2.44. The SMILES string of the molecule is CCC(C)C(C)(O)P(=O)(O)O. The maximum atomic E-state index is 10.7. The Labute approximate surface area is 66.4 Å². The van der Waals surface area contributed by atoms with Gasteiger partial charge in [0, 0.05) is 0 Å². The van der Waals surface area contributed by atoms with E-state index in [1.54, 1.807) is 13.8 Å². The normalized spacial score (nSPS) is 20.9. The molecule has 5 heteroatoms. The van der Waals surface area contributed by atoms with Crippen LogP contribution in [0.4, 0.5) is 0 Å². The van der Waals surface area contributed by atoms with Gasteiger partial charge in [-0.05, 0) is 12.8 Å². The Balaban J connectivity index is 4.59. The Morgan fingerprint density at radius 1 is 1.55 bits per heavy atom. The van der Waals surface area contributed by atoms with E-state index >= 15 is 0 Å². The number of rotatable bonds is 3. The molecule has 0 saturated heterocycles. The molecule has 2 unspecified atom stereocenters. The first kappa shape index (κ1) is 11.1. The lowest BCUT2D eigenvalue weighted by atomic mass is 10.0. The zero-order valence-corrected chi connectivity index (χ0v) is 7.88. The molecule has 0 heterocycles. The van der Waals surface area contributed by atoms with Crippen molar-refractivity contribution in [2.45, 2.75) is 32.5 Å². The topological polar surface area (TPSA) is 77.8 Å². The molecule has 68 valence electrons. The molecule has 0 aromatic rings. The van der Waals surface area contributed by atoms with Crippen molar-refractivity contribution in [3.63, 3.8) is 0 Å². The summed E-state index contributed by atoms with van der Waals surface area (Å²) in [6.45, 7) is 4.55. The van der Waals surface area contributed by atoms with Crippen LogP contribution in [0.15, 0.2) is 0 Å². The van der Waals surface area contributed by atoms with E-state index in [1.165, 1.54) is 6.92 Å². The van der Waals surface area contributed by atoms with Crippen LogP contribution in [-0.2, 0) is 4.57 Å². The van der Waals surface area contributed by atoms with E-state index in [2.05, 4.69) is 0 Å². The van der Waals surface area contributed by atoms with Gasteiger partial charge in [-0.25, -0.2) is 0 Å². The van der Waals surface area contributed by atoms with Crippen LogP contribution in [0.3, 0.4) is 0 Å². The average molecular weight is 182 g/mol. The van der Waals surface area contributed by atoms with Gasteiger partial charge < -0.3 is 14.9 Å². The molecule has 0 amide bonds. The first-order valence-electron chi connectivity index (χ1n) is 3.51. The van der Waals surface area contributed by atoms with E-state index in [-0.39, 0.29) is 0 Å². The molecule has 0 saturated carbocycles. The number of aliphatic hydroxyl groups is 1. The highest BCUT2D eigenvalue weighted by Crippen LogP contribution is 2.53. The minimum absolute atomic E-state index is 0.400. The highest BCUT2D eigenvalue weighted by atomic mass is 31.2. The van der Waals surface area contributed by atoms with Crippen molar-refractivity contribution in [3.8, 4) is 0 Å². The number of hydrogen-bond acceptors (Lipinski definition) is 2. The maximum Gasteiger partial charge on any atom is 0.356 e. The molecule has 3 N–H and O–H groups in total. The molecule has 0 fully saturated rings. The first-order chi connectivity index (χ1) is 4.73. The fourth-order valence-corrected chi connectivity index (χ4v) is 1.43. The van der Waals surface area contributed by atoms with Gasteiger partial charge in [0.2, 0.25) is 0 Å². The summed E-state index contributed by atoms with van der Waals surface area (Å²) in [5.74, 6) is -0.400. The van der Waals surface area contributed by atoms with Crippen molar-refractivity contribution < 1.29 is 19.5 Å². The molecule has 11 heavy (non-hydrogen) atoms. The third kappa shape index (κ3) is 2.27. The lowest BCUT2D eigenvalue weighted by Gasteiger charge is -2.29.